The summed E-state index contributed by atoms with van der Waals surface area (Å²) in [6.07, 6.45) is 12.4. The van der Waals surface area contributed by atoms with Crippen LogP contribution < -0.4 is 5.32 Å². The van der Waals surface area contributed by atoms with Crippen molar-refractivity contribution in [1.29, 1.82) is 0 Å². The summed E-state index contributed by atoms with van der Waals surface area (Å²) in [4.78, 5) is 15.2. The molecule has 8 heteroatoms. The highest BCUT2D eigenvalue weighted by Gasteiger charge is 2.30. The summed E-state index contributed by atoms with van der Waals surface area (Å²) in [5.41, 5.74) is 1.49. The Bertz CT molecular complexity index is 1040. The smallest absolute Gasteiger partial charge is 0.146 e. The highest BCUT2D eigenvalue weighted by Crippen LogP contribution is 2.41. The summed E-state index contributed by atoms with van der Waals surface area (Å²) in [5.74, 6) is 1.99. The lowest BCUT2D eigenvalue weighted by molar-refractivity contribution is 0.0331. The molecule has 31 heavy (non-hydrogen) atoms. The van der Waals surface area contributed by atoms with Gasteiger partial charge in [0, 0.05) is 36.4 Å². The van der Waals surface area contributed by atoms with E-state index in [2.05, 4.69) is 26.2 Å². The number of thiophene rings is 1. The molecule has 3 aliphatic rings. The summed E-state index contributed by atoms with van der Waals surface area (Å²) in [5, 5.41) is 9.76. The number of ether oxygens (including phenoxy) is 1. The fourth-order valence-corrected chi connectivity index (χ4v) is 6.70. The predicted molar refractivity (Wildman–Crippen MR) is 123 cm³/mol. The average molecular weight is 439 g/mol. The number of rotatable bonds is 5. The number of hydrogen-bond donors (Lipinski definition) is 1. The number of hydrogen-bond acceptors (Lipinski definition) is 7. The van der Waals surface area contributed by atoms with E-state index in [1.54, 1.807) is 0 Å². The van der Waals surface area contributed by atoms with Gasteiger partial charge in [-0.1, -0.05) is 12.8 Å². The molecule has 3 aromatic heterocycles. The first-order valence-corrected chi connectivity index (χ1v) is 12.5. The third-order valence-corrected chi connectivity index (χ3v) is 8.18. The highest BCUT2D eigenvalue weighted by molar-refractivity contribution is 7.19. The maximum atomic E-state index is 5.52. The van der Waals surface area contributed by atoms with Gasteiger partial charge in [0.25, 0.3) is 0 Å². The van der Waals surface area contributed by atoms with E-state index < -0.39 is 0 Å². The number of fused-ring (bicyclic) bond motifs is 3. The Labute approximate surface area is 186 Å². The number of aryl methyl sites for hydroxylation is 2. The quantitative estimate of drug-likeness (QED) is 0.653. The lowest BCUT2D eigenvalue weighted by Gasteiger charge is -2.33. The van der Waals surface area contributed by atoms with E-state index in [4.69, 9.17) is 14.7 Å². The van der Waals surface area contributed by atoms with Crippen molar-refractivity contribution in [2.45, 2.75) is 63.6 Å². The van der Waals surface area contributed by atoms with Crippen molar-refractivity contribution in [1.82, 2.24) is 24.6 Å². The van der Waals surface area contributed by atoms with Crippen molar-refractivity contribution in [2.75, 3.05) is 31.6 Å². The van der Waals surface area contributed by atoms with E-state index in [0.29, 0.717) is 12.1 Å². The van der Waals surface area contributed by atoms with E-state index >= 15 is 0 Å². The van der Waals surface area contributed by atoms with Crippen LogP contribution in [0.4, 0.5) is 5.82 Å². The minimum Gasteiger partial charge on any atom is -0.379 e. The van der Waals surface area contributed by atoms with Crippen LogP contribution in [0.3, 0.4) is 0 Å². The Morgan fingerprint density at radius 2 is 2.00 bits per heavy atom. The zero-order valence-corrected chi connectivity index (χ0v) is 18.7. The zero-order chi connectivity index (χ0) is 20.6. The fourth-order valence-electron chi connectivity index (χ4n) is 5.42. The van der Waals surface area contributed by atoms with Gasteiger partial charge >= 0.3 is 0 Å². The van der Waals surface area contributed by atoms with Crippen LogP contribution >= 0.6 is 11.3 Å². The third-order valence-electron chi connectivity index (χ3n) is 7.00. The molecular weight excluding hydrogens is 408 g/mol. The molecule has 1 N–H and O–H groups in total. The largest absolute Gasteiger partial charge is 0.379 e. The Morgan fingerprint density at radius 1 is 1.10 bits per heavy atom. The van der Waals surface area contributed by atoms with Crippen molar-refractivity contribution in [3.8, 4) is 0 Å². The van der Waals surface area contributed by atoms with Gasteiger partial charge in [-0.3, -0.25) is 9.58 Å². The Hall–Kier alpha value is -2.03. The lowest BCUT2D eigenvalue weighted by Crippen LogP contribution is -2.36. The van der Waals surface area contributed by atoms with Gasteiger partial charge in [-0.05, 0) is 43.7 Å². The van der Waals surface area contributed by atoms with Gasteiger partial charge in [-0.25, -0.2) is 9.97 Å². The van der Waals surface area contributed by atoms with E-state index in [0.717, 1.165) is 68.6 Å². The number of nitrogens with one attached hydrogen (secondary N) is 1. The van der Waals surface area contributed by atoms with Crippen LogP contribution in [0.2, 0.25) is 0 Å². The molecule has 164 valence electrons. The number of aromatic nitrogens is 4. The minimum atomic E-state index is 0.347. The first kappa shape index (κ1) is 19.6. The van der Waals surface area contributed by atoms with E-state index in [1.165, 1.54) is 41.5 Å². The van der Waals surface area contributed by atoms with Gasteiger partial charge < -0.3 is 10.1 Å². The van der Waals surface area contributed by atoms with E-state index in [-0.39, 0.29) is 0 Å². The number of nitrogens with zero attached hydrogens (tertiary/aromatic N) is 5. The van der Waals surface area contributed by atoms with Gasteiger partial charge in [-0.15, -0.1) is 11.3 Å². The minimum absolute atomic E-state index is 0.347. The molecule has 1 aliphatic heterocycles. The highest BCUT2D eigenvalue weighted by atomic mass is 32.1. The molecule has 0 radical (unpaired) electrons. The van der Waals surface area contributed by atoms with Crippen molar-refractivity contribution in [3.05, 3.63) is 34.7 Å². The fraction of sp³-hybridized carbons (Fsp3) is 0.609. The second-order valence-electron chi connectivity index (χ2n) is 9.00. The summed E-state index contributed by atoms with van der Waals surface area (Å²) in [6, 6.07) is 2.75. The molecular formula is C23H30N6OS. The molecule has 1 saturated carbocycles. The molecule has 0 spiro atoms. The first-order chi connectivity index (χ1) is 15.3. The van der Waals surface area contributed by atoms with Gasteiger partial charge in [0.05, 0.1) is 31.2 Å². The van der Waals surface area contributed by atoms with Crippen LogP contribution in [-0.2, 0) is 24.1 Å². The number of morpholine rings is 1. The zero-order valence-electron chi connectivity index (χ0n) is 17.9. The van der Waals surface area contributed by atoms with Crippen LogP contribution in [-0.4, -0.2) is 57.0 Å². The van der Waals surface area contributed by atoms with Crippen LogP contribution in [0.15, 0.2) is 18.5 Å². The van der Waals surface area contributed by atoms with Crippen molar-refractivity contribution in [2.24, 2.45) is 0 Å². The number of anilines is 1. The topological polar surface area (TPSA) is 68.1 Å². The lowest BCUT2D eigenvalue weighted by atomic mass is 9.90. The standard InChI is InChI=1S/C23H30N6OS/c1-2-7-18(29-10-4-9-24-29)17(6-1)25-22-21-16-5-3-8-19(16)31-23(21)27-20(26-22)15-28-11-13-30-14-12-28/h4,9-10,17-18H,1-3,5-8,11-15H2,(H,25,26,27)/t17-,18-/m1/s1. The second kappa shape index (κ2) is 8.48. The molecule has 0 unspecified atom stereocenters. The normalized spacial score (nSPS) is 24.5. The van der Waals surface area contributed by atoms with Crippen molar-refractivity contribution < 1.29 is 4.74 Å². The molecule has 2 fully saturated rings. The van der Waals surface area contributed by atoms with Gasteiger partial charge in [0.15, 0.2) is 0 Å². The predicted octanol–water partition coefficient (Wildman–Crippen LogP) is 3.80. The summed E-state index contributed by atoms with van der Waals surface area (Å²) in [7, 11) is 0. The first-order valence-electron chi connectivity index (χ1n) is 11.7. The van der Waals surface area contributed by atoms with Crippen LogP contribution in [0.25, 0.3) is 10.2 Å². The molecule has 0 amide bonds. The molecule has 2 aliphatic carbocycles. The van der Waals surface area contributed by atoms with Crippen molar-refractivity contribution >= 4 is 27.4 Å². The molecule has 6 rings (SSSR count). The summed E-state index contributed by atoms with van der Waals surface area (Å²) >= 11 is 1.89. The SMILES string of the molecule is c1cnn([C@@H]2CCCC[C@H]2Nc2nc(CN3CCOCC3)nc3sc4c(c23)CCC4)c1. The molecule has 4 heterocycles. The molecule has 2 atom stereocenters. The molecule has 3 aromatic rings. The molecule has 1 saturated heterocycles. The van der Waals surface area contributed by atoms with Gasteiger partial charge in [0.2, 0.25) is 0 Å². The van der Waals surface area contributed by atoms with E-state index in [9.17, 15) is 0 Å². The molecule has 7 nitrogen and oxygen atoms in total. The Kier molecular flexibility index (Phi) is 5.37. The third kappa shape index (κ3) is 3.85. The van der Waals surface area contributed by atoms with Crippen LogP contribution in [0.5, 0.6) is 0 Å². The molecule has 0 aromatic carbocycles. The van der Waals surface area contributed by atoms with Crippen molar-refractivity contribution in [3.63, 3.8) is 0 Å². The summed E-state index contributed by atoms with van der Waals surface area (Å²) < 4.78 is 7.66. The average Bonchev–Trinajstić information content (AvgIpc) is 3.52. The Morgan fingerprint density at radius 3 is 2.87 bits per heavy atom. The van der Waals surface area contributed by atoms with Gasteiger partial charge in [0.1, 0.15) is 16.5 Å². The summed E-state index contributed by atoms with van der Waals surface area (Å²) in [6.45, 7) is 4.30. The van der Waals surface area contributed by atoms with Gasteiger partial charge in [-0.2, -0.15) is 5.10 Å². The molecule has 0 bridgehead atoms. The second-order valence-corrected chi connectivity index (χ2v) is 10.1. The van der Waals surface area contributed by atoms with E-state index in [1.807, 2.05) is 23.6 Å². The maximum Gasteiger partial charge on any atom is 0.146 e. The maximum absolute atomic E-state index is 5.52. The monoisotopic (exact) mass is 438 g/mol. The van der Waals surface area contributed by atoms with Crippen LogP contribution in [0, 0.1) is 0 Å². The van der Waals surface area contributed by atoms with Crippen LogP contribution in [0.1, 0.15) is 54.4 Å². The Balaban J connectivity index is 1.35.